The van der Waals surface area contributed by atoms with Gasteiger partial charge in [0, 0.05) is 39.1 Å². The van der Waals surface area contributed by atoms with Gasteiger partial charge in [0.2, 0.25) is 16.9 Å². The molecule has 0 fully saturated rings. The number of carbonyl (C=O) groups is 1. The van der Waals surface area contributed by atoms with E-state index in [0.29, 0.717) is 52.8 Å². The van der Waals surface area contributed by atoms with E-state index in [9.17, 15) is 10.1 Å². The molecule has 0 saturated heterocycles. The third kappa shape index (κ3) is 9.28. The zero-order valence-electron chi connectivity index (χ0n) is 29.6. The molecule has 3 aromatic heterocycles. The number of azo groups is 1. The van der Waals surface area contributed by atoms with Crippen molar-refractivity contribution < 1.29 is 23.5 Å². The summed E-state index contributed by atoms with van der Waals surface area (Å²) in [6.45, 7) is 8.84. The average molecular weight is 747 g/mol. The van der Waals surface area contributed by atoms with E-state index in [1.165, 1.54) is 23.1 Å². The molecule has 3 heterocycles. The van der Waals surface area contributed by atoms with Gasteiger partial charge in [0.25, 0.3) is 0 Å². The Morgan fingerprint density at radius 3 is 2.58 bits per heavy atom. The minimum Gasteiger partial charge on any atom is -0.468 e. The normalized spacial score (nSPS) is 11.8. The molecule has 52 heavy (non-hydrogen) atoms. The van der Waals surface area contributed by atoms with Crippen molar-refractivity contribution in [1.29, 1.82) is 5.26 Å². The minimum atomic E-state index is -0.593. The highest BCUT2D eigenvalue weighted by atomic mass is 32.2. The first-order valence-electron chi connectivity index (χ1n) is 16.0. The first-order chi connectivity index (χ1) is 25.1. The summed E-state index contributed by atoms with van der Waals surface area (Å²) in [5, 5.41) is 33.8. The Kier molecular flexibility index (Phi) is 12.9. The van der Waals surface area contributed by atoms with Gasteiger partial charge in [-0.3, -0.25) is 4.79 Å². The van der Waals surface area contributed by atoms with Crippen LogP contribution in [0.1, 0.15) is 35.6 Å². The molecule has 0 amide bonds. The number of anilines is 4. The van der Waals surface area contributed by atoms with Crippen LogP contribution >= 0.6 is 23.6 Å². The van der Waals surface area contributed by atoms with E-state index >= 15 is 0 Å². The molecule has 1 unspecified atom stereocenters. The average Bonchev–Trinajstić information content (AvgIpc) is 3.76. The highest BCUT2D eigenvalue weighted by Gasteiger charge is 2.19. The van der Waals surface area contributed by atoms with Crippen molar-refractivity contribution in [2.75, 3.05) is 50.4 Å². The Hall–Kier alpha value is -5.39. The number of fused-ring (bicyclic) bond motifs is 1. The third-order valence-electron chi connectivity index (χ3n) is 7.39. The molecule has 0 saturated carbocycles. The van der Waals surface area contributed by atoms with Crippen LogP contribution in [0, 0.1) is 32.1 Å². The summed E-state index contributed by atoms with van der Waals surface area (Å²) in [4.78, 5) is 30.8. The number of aromatic nitrogens is 5. The molecule has 0 bridgehead atoms. The number of aryl methyl sites for hydroxylation is 3. The lowest BCUT2D eigenvalue weighted by atomic mass is 10.1. The third-order valence-corrected chi connectivity index (χ3v) is 8.99. The molecule has 5 aromatic rings. The fourth-order valence-electron chi connectivity index (χ4n) is 4.92. The van der Waals surface area contributed by atoms with Crippen molar-refractivity contribution in [3.63, 3.8) is 0 Å². The number of esters is 1. The Labute approximate surface area is 308 Å². The Balaban J connectivity index is 1.43. The minimum absolute atomic E-state index is 0.0848. The van der Waals surface area contributed by atoms with Crippen molar-refractivity contribution in [1.82, 2.24) is 29.5 Å². The fourth-order valence-corrected chi connectivity index (χ4v) is 6.23. The highest BCUT2D eigenvalue weighted by molar-refractivity contribution is 7.92. The maximum Gasteiger partial charge on any atom is 0.323 e. The van der Waals surface area contributed by atoms with Crippen LogP contribution in [0.2, 0.25) is 0 Å². The van der Waals surface area contributed by atoms with Gasteiger partial charge in [-0.05, 0) is 57.4 Å². The second-order valence-corrected chi connectivity index (χ2v) is 12.9. The lowest BCUT2D eigenvalue weighted by molar-refractivity contribution is -0.142. The number of carbonyl (C=O) groups excluding carboxylic acids is 1. The summed E-state index contributed by atoms with van der Waals surface area (Å²) < 4.78 is 20.0. The van der Waals surface area contributed by atoms with Crippen molar-refractivity contribution in [3.8, 4) is 17.0 Å². The van der Waals surface area contributed by atoms with Crippen LogP contribution in [-0.2, 0) is 18.6 Å². The maximum atomic E-state index is 11.5. The maximum absolute atomic E-state index is 11.5. The number of nitriles is 1. The summed E-state index contributed by atoms with van der Waals surface area (Å²) in [6, 6.07) is 10.9. The van der Waals surface area contributed by atoms with Gasteiger partial charge in [-0.2, -0.15) is 15.2 Å². The van der Waals surface area contributed by atoms with Gasteiger partial charge >= 0.3 is 5.97 Å². The van der Waals surface area contributed by atoms with Crippen LogP contribution < -0.4 is 25.6 Å². The number of nitrogens with one attached hydrogen (secondary N) is 4. The molecule has 0 radical (unpaired) electrons. The molecule has 0 spiro atoms. The van der Waals surface area contributed by atoms with Gasteiger partial charge in [-0.1, -0.05) is 33.4 Å². The first kappa shape index (κ1) is 37.9. The van der Waals surface area contributed by atoms with Crippen LogP contribution in [0.3, 0.4) is 0 Å². The van der Waals surface area contributed by atoms with E-state index in [0.717, 1.165) is 45.7 Å². The predicted molar refractivity (Wildman–Crippen MR) is 200 cm³/mol. The number of hydrogen-bond acceptors (Lipinski definition) is 18. The molecule has 5 rings (SSSR count). The Morgan fingerprint density at radius 1 is 1.10 bits per heavy atom. The Morgan fingerprint density at radius 2 is 1.87 bits per heavy atom. The van der Waals surface area contributed by atoms with Gasteiger partial charge in [0.1, 0.15) is 29.9 Å². The van der Waals surface area contributed by atoms with Crippen LogP contribution in [0.25, 0.3) is 15.3 Å². The second kappa shape index (κ2) is 17.7. The molecule has 17 nitrogen and oxygen atoms in total. The second-order valence-electron chi connectivity index (χ2n) is 11.4. The molecular weight excluding hydrogens is 709 g/mol. The highest BCUT2D eigenvalue weighted by Crippen LogP contribution is 2.38. The largest absolute Gasteiger partial charge is 0.468 e. The summed E-state index contributed by atoms with van der Waals surface area (Å²) in [7, 11) is 4.69. The fraction of sp³-hybridized carbons (Fsp3) is 0.333. The molecule has 1 atom stereocenters. The topological polar surface area (TPSA) is 207 Å². The van der Waals surface area contributed by atoms with Gasteiger partial charge < -0.3 is 30.3 Å². The predicted octanol–water partition coefficient (Wildman–Crippen LogP) is 6.74. The van der Waals surface area contributed by atoms with E-state index in [4.69, 9.17) is 14.0 Å². The molecule has 0 aliphatic rings. The van der Waals surface area contributed by atoms with Gasteiger partial charge in [-0.25, -0.2) is 14.4 Å². The van der Waals surface area contributed by atoms with Gasteiger partial charge in [0.15, 0.2) is 23.1 Å². The number of methoxy groups -OCH3 is 2. The number of nitrogens with zero attached hydrogens (tertiary/aromatic N) is 8. The molecule has 19 heteroatoms. The van der Waals surface area contributed by atoms with Crippen molar-refractivity contribution in [2.24, 2.45) is 10.2 Å². The first-order valence-corrected chi connectivity index (χ1v) is 17.5. The van der Waals surface area contributed by atoms with E-state index in [-0.39, 0.29) is 11.4 Å². The van der Waals surface area contributed by atoms with E-state index in [2.05, 4.69) is 73.9 Å². The number of ether oxygens (including phenoxy) is 2. The zero-order chi connectivity index (χ0) is 37.2. The lowest BCUT2D eigenvalue weighted by Crippen LogP contribution is -2.30. The zero-order valence-corrected chi connectivity index (χ0v) is 31.2. The number of thiazole rings is 1. The monoisotopic (exact) mass is 746 g/mol. The number of rotatable bonds is 17. The summed E-state index contributed by atoms with van der Waals surface area (Å²) in [5.74, 6) is 1.28. The van der Waals surface area contributed by atoms with Crippen molar-refractivity contribution >= 4 is 74.5 Å². The van der Waals surface area contributed by atoms with Crippen molar-refractivity contribution in [3.05, 3.63) is 58.8 Å². The SMILES string of the molecule is CNc1nc(NCCCOC)c(N=Nc2nn(-c3nc4ccc(OOSNC(C)C(=O)OC)cc4s3)cc2C#N)c(Nc2c(C)cc(C)cc2C)n1. The van der Waals surface area contributed by atoms with Crippen LogP contribution in [0.15, 0.2) is 46.8 Å². The van der Waals surface area contributed by atoms with E-state index < -0.39 is 12.0 Å². The molecule has 0 aliphatic carbocycles. The lowest BCUT2D eigenvalue weighted by Gasteiger charge is -2.17. The van der Waals surface area contributed by atoms with E-state index in [1.54, 1.807) is 45.5 Å². The summed E-state index contributed by atoms with van der Waals surface area (Å²) >= 11 is 2.08. The van der Waals surface area contributed by atoms with E-state index in [1.807, 2.05) is 20.8 Å². The standard InChI is InChI=1S/C33H38N12O5S2/c1-18-13-19(2)26(20(3)14-18)38-30-27(29(36-11-8-12-47-6)39-32(35-5)40-30)41-42-28-22(16-34)17-45(43-28)33-37-24-10-9-23(15-25(24)51-33)49-50-52-44-21(4)31(46)48-7/h9-10,13-15,17,21,44H,8,11-12H2,1-7H3,(H3,35,36,38,39,40). The van der Waals surface area contributed by atoms with Crippen LogP contribution in [0.5, 0.6) is 5.75 Å². The molecule has 2 aromatic carbocycles. The van der Waals surface area contributed by atoms with Gasteiger partial charge in [0.05, 0.1) is 23.5 Å². The molecule has 272 valence electrons. The number of hydrogen-bond donors (Lipinski definition) is 4. The molecule has 4 N–H and O–H groups in total. The quantitative estimate of drug-likeness (QED) is 0.0148. The number of benzene rings is 2. The summed E-state index contributed by atoms with van der Waals surface area (Å²) in [5.41, 5.74) is 5.30. The molecular formula is C33H38N12O5S2. The molecule has 0 aliphatic heterocycles. The smallest absolute Gasteiger partial charge is 0.323 e. The summed E-state index contributed by atoms with van der Waals surface area (Å²) in [6.07, 6.45) is 2.27. The van der Waals surface area contributed by atoms with Crippen LogP contribution in [0.4, 0.5) is 34.8 Å². The van der Waals surface area contributed by atoms with Crippen molar-refractivity contribution in [2.45, 2.75) is 40.2 Å². The van der Waals surface area contributed by atoms with Gasteiger partial charge in [-0.15, -0.1) is 15.3 Å². The Bertz CT molecular complexity index is 2090. The van der Waals surface area contributed by atoms with Crippen LogP contribution in [-0.4, -0.2) is 71.2 Å².